The summed E-state index contributed by atoms with van der Waals surface area (Å²) < 4.78 is 32.2. The van der Waals surface area contributed by atoms with Crippen LogP contribution in [0.25, 0.3) is 6.08 Å². The highest BCUT2D eigenvalue weighted by atomic mass is 35.5. The van der Waals surface area contributed by atoms with Crippen LogP contribution in [0, 0.1) is 5.82 Å². The van der Waals surface area contributed by atoms with Crippen molar-refractivity contribution in [3.8, 4) is 5.88 Å². The van der Waals surface area contributed by atoms with Gasteiger partial charge < -0.3 is 18.8 Å². The van der Waals surface area contributed by atoms with Crippen LogP contribution in [-0.4, -0.2) is 58.8 Å². The standard InChI is InChI=1S/C29H34ClFN4O4/c1-3-38-29(36)10-9-24-18-32-27(35(24)15-16-37-2)19-34-13-11-21(12-14-34)26-5-4-6-28(33-26)39-20-22-7-8-23(30)17-25(22)31/h4-10,17-18,21H,3,11-16,19-20H2,1-2H3/b10-9+. The van der Waals surface area contributed by atoms with Crippen molar-refractivity contribution in [1.29, 1.82) is 0 Å². The second-order valence-corrected chi connectivity index (χ2v) is 9.74. The summed E-state index contributed by atoms with van der Waals surface area (Å²) in [5, 5.41) is 0.355. The molecule has 0 N–H and O–H groups in total. The van der Waals surface area contributed by atoms with Gasteiger partial charge in [0.1, 0.15) is 18.2 Å². The van der Waals surface area contributed by atoms with Crippen LogP contribution in [0.3, 0.4) is 0 Å². The number of esters is 1. The van der Waals surface area contributed by atoms with Crippen molar-refractivity contribution >= 4 is 23.6 Å². The number of ether oxygens (including phenoxy) is 3. The molecule has 0 radical (unpaired) electrons. The van der Waals surface area contributed by atoms with Gasteiger partial charge in [-0.3, -0.25) is 4.90 Å². The Balaban J connectivity index is 1.34. The summed E-state index contributed by atoms with van der Waals surface area (Å²) in [6, 6.07) is 10.3. The van der Waals surface area contributed by atoms with Gasteiger partial charge in [0.05, 0.1) is 31.6 Å². The maximum absolute atomic E-state index is 14.1. The van der Waals surface area contributed by atoms with E-state index in [0.29, 0.717) is 48.7 Å². The number of methoxy groups -OCH3 is 1. The fourth-order valence-electron chi connectivity index (χ4n) is 4.59. The van der Waals surface area contributed by atoms with Crippen molar-refractivity contribution < 1.29 is 23.4 Å². The van der Waals surface area contributed by atoms with Gasteiger partial charge in [-0.15, -0.1) is 0 Å². The lowest BCUT2D eigenvalue weighted by Crippen LogP contribution is -2.33. The molecule has 10 heteroatoms. The Bertz CT molecular complexity index is 1270. The van der Waals surface area contributed by atoms with Crippen LogP contribution in [0.5, 0.6) is 5.88 Å². The molecule has 0 aliphatic carbocycles. The topological polar surface area (TPSA) is 78.7 Å². The lowest BCUT2D eigenvalue weighted by atomic mass is 9.93. The third kappa shape index (κ3) is 8.11. The summed E-state index contributed by atoms with van der Waals surface area (Å²) in [6.45, 7) is 5.89. The van der Waals surface area contributed by atoms with Crippen LogP contribution in [0.2, 0.25) is 5.02 Å². The van der Waals surface area contributed by atoms with E-state index >= 15 is 0 Å². The van der Waals surface area contributed by atoms with E-state index in [1.807, 2.05) is 12.1 Å². The van der Waals surface area contributed by atoms with Crippen LogP contribution in [-0.2, 0) is 34.0 Å². The van der Waals surface area contributed by atoms with Gasteiger partial charge in [0.15, 0.2) is 0 Å². The molecule has 1 saturated heterocycles. The Morgan fingerprint density at radius 2 is 2.05 bits per heavy atom. The minimum Gasteiger partial charge on any atom is -0.473 e. The Morgan fingerprint density at radius 3 is 2.79 bits per heavy atom. The average molecular weight is 557 g/mol. The first-order chi connectivity index (χ1) is 19.0. The summed E-state index contributed by atoms with van der Waals surface area (Å²) in [4.78, 5) is 23.5. The lowest BCUT2D eigenvalue weighted by molar-refractivity contribution is -0.137. The molecule has 8 nitrogen and oxygen atoms in total. The second kappa shape index (κ2) is 14.2. The first kappa shape index (κ1) is 28.7. The molecule has 0 spiro atoms. The van der Waals surface area contributed by atoms with Crippen LogP contribution < -0.4 is 4.74 Å². The molecule has 0 amide bonds. The van der Waals surface area contributed by atoms with E-state index in [1.165, 1.54) is 12.1 Å². The fourth-order valence-corrected chi connectivity index (χ4v) is 4.75. The SMILES string of the molecule is CCOC(=O)/C=C/c1cnc(CN2CCC(c3cccc(OCc4ccc(Cl)cc4F)n3)CC2)n1CCOC. The van der Waals surface area contributed by atoms with Crippen LogP contribution >= 0.6 is 11.6 Å². The van der Waals surface area contributed by atoms with Gasteiger partial charge in [0.25, 0.3) is 0 Å². The summed E-state index contributed by atoms with van der Waals surface area (Å²) in [5.41, 5.74) is 2.25. The van der Waals surface area contributed by atoms with Crippen molar-refractivity contribution in [3.63, 3.8) is 0 Å². The molecule has 4 rings (SSSR count). The predicted molar refractivity (Wildman–Crippen MR) is 147 cm³/mol. The monoisotopic (exact) mass is 556 g/mol. The van der Waals surface area contributed by atoms with Gasteiger partial charge in [-0.1, -0.05) is 23.7 Å². The molecular weight excluding hydrogens is 523 g/mol. The van der Waals surface area contributed by atoms with Gasteiger partial charge in [0.2, 0.25) is 5.88 Å². The molecule has 39 heavy (non-hydrogen) atoms. The van der Waals surface area contributed by atoms with E-state index in [0.717, 1.165) is 43.1 Å². The number of pyridine rings is 1. The molecular formula is C29H34ClFN4O4. The molecule has 1 aromatic carbocycles. The van der Waals surface area contributed by atoms with E-state index < -0.39 is 5.82 Å². The molecule has 1 aliphatic rings. The van der Waals surface area contributed by atoms with Crippen molar-refractivity contribution in [3.05, 3.63) is 82.3 Å². The number of likely N-dealkylation sites (tertiary alicyclic amines) is 1. The van der Waals surface area contributed by atoms with Crippen molar-refractivity contribution in [1.82, 2.24) is 19.4 Å². The summed E-state index contributed by atoms with van der Waals surface area (Å²) in [7, 11) is 1.67. The number of benzene rings is 1. The molecule has 1 aliphatic heterocycles. The summed E-state index contributed by atoms with van der Waals surface area (Å²) in [6.07, 6.45) is 6.85. The van der Waals surface area contributed by atoms with Gasteiger partial charge in [-0.2, -0.15) is 0 Å². The molecule has 0 atom stereocenters. The normalized spacial score (nSPS) is 14.7. The number of carbonyl (C=O) groups excluding carboxylic acids is 1. The van der Waals surface area contributed by atoms with E-state index in [2.05, 4.69) is 14.5 Å². The molecule has 1 fully saturated rings. The molecule has 0 unspecified atom stereocenters. The van der Waals surface area contributed by atoms with E-state index in [4.69, 9.17) is 30.8 Å². The van der Waals surface area contributed by atoms with Gasteiger partial charge in [0, 0.05) is 48.0 Å². The molecule has 3 heterocycles. The van der Waals surface area contributed by atoms with Gasteiger partial charge in [-0.25, -0.2) is 19.2 Å². The van der Waals surface area contributed by atoms with Crippen LogP contribution in [0.4, 0.5) is 4.39 Å². The van der Waals surface area contributed by atoms with Crippen LogP contribution in [0.1, 0.15) is 48.5 Å². The molecule has 0 bridgehead atoms. The smallest absolute Gasteiger partial charge is 0.330 e. The molecule has 208 valence electrons. The van der Waals surface area contributed by atoms with Gasteiger partial charge >= 0.3 is 5.97 Å². The number of piperidine rings is 1. The van der Waals surface area contributed by atoms with Crippen molar-refractivity contribution in [2.45, 2.75) is 45.4 Å². The van der Waals surface area contributed by atoms with E-state index in [9.17, 15) is 9.18 Å². The van der Waals surface area contributed by atoms with Crippen molar-refractivity contribution in [2.24, 2.45) is 0 Å². The minimum atomic E-state index is -0.393. The number of nitrogens with zero attached hydrogens (tertiary/aromatic N) is 4. The zero-order valence-corrected chi connectivity index (χ0v) is 23.1. The first-order valence-corrected chi connectivity index (χ1v) is 13.5. The summed E-state index contributed by atoms with van der Waals surface area (Å²) >= 11 is 5.83. The Morgan fingerprint density at radius 1 is 1.23 bits per heavy atom. The van der Waals surface area contributed by atoms with Crippen molar-refractivity contribution in [2.75, 3.05) is 33.4 Å². The number of rotatable bonds is 12. The highest BCUT2D eigenvalue weighted by Gasteiger charge is 2.23. The predicted octanol–water partition coefficient (Wildman–Crippen LogP) is 5.25. The number of hydrogen-bond acceptors (Lipinski definition) is 7. The molecule has 2 aromatic heterocycles. The average Bonchev–Trinajstić information content (AvgIpc) is 3.32. The zero-order chi connectivity index (χ0) is 27.6. The number of carbonyl (C=O) groups is 1. The highest BCUT2D eigenvalue weighted by Crippen LogP contribution is 2.29. The first-order valence-electron chi connectivity index (χ1n) is 13.1. The van der Waals surface area contributed by atoms with Crippen LogP contribution in [0.15, 0.2) is 48.7 Å². The third-order valence-corrected chi connectivity index (χ3v) is 6.91. The Labute approximate surface area is 233 Å². The largest absolute Gasteiger partial charge is 0.473 e. The fraction of sp³-hybridized carbons (Fsp3) is 0.414. The molecule has 0 saturated carbocycles. The Hall–Kier alpha value is -3.27. The summed E-state index contributed by atoms with van der Waals surface area (Å²) in [5.74, 6) is 0.954. The number of imidazole rings is 1. The molecule has 3 aromatic rings. The van der Waals surface area contributed by atoms with E-state index in [1.54, 1.807) is 44.5 Å². The third-order valence-electron chi connectivity index (χ3n) is 6.67. The number of hydrogen-bond donors (Lipinski definition) is 0. The highest BCUT2D eigenvalue weighted by molar-refractivity contribution is 6.30. The van der Waals surface area contributed by atoms with E-state index in [-0.39, 0.29) is 12.6 Å². The second-order valence-electron chi connectivity index (χ2n) is 9.30. The minimum absolute atomic E-state index is 0.0879. The Kier molecular flexibility index (Phi) is 10.5. The number of aromatic nitrogens is 3. The maximum Gasteiger partial charge on any atom is 0.330 e. The number of halogens is 2. The zero-order valence-electron chi connectivity index (χ0n) is 22.3. The maximum atomic E-state index is 14.1. The van der Waals surface area contributed by atoms with Gasteiger partial charge in [-0.05, 0) is 57.1 Å². The lowest BCUT2D eigenvalue weighted by Gasteiger charge is -2.31. The quantitative estimate of drug-likeness (QED) is 0.223.